The molecular formula is C21H24N2O3S. The standard InChI is InChI=1S/C21H24N2O3S/c1-21(2,3)23(20(25)26)17-14-27-18-12-8-7-11-16(18)22(19(17)24)13-15-9-5-4-6-10-15/h4-12,17H,13-14H2,1-3H3,(H,25,26). The van der Waals surface area contributed by atoms with E-state index in [1.165, 1.54) is 16.7 Å². The number of fused-ring (bicyclic) bond motifs is 1. The molecule has 5 nitrogen and oxygen atoms in total. The second kappa shape index (κ2) is 7.64. The summed E-state index contributed by atoms with van der Waals surface area (Å²) < 4.78 is 0. The van der Waals surface area contributed by atoms with Gasteiger partial charge in [0.1, 0.15) is 6.04 Å². The van der Waals surface area contributed by atoms with Gasteiger partial charge in [-0.05, 0) is 38.5 Å². The highest BCUT2D eigenvalue weighted by atomic mass is 32.2. The highest BCUT2D eigenvalue weighted by Gasteiger charge is 2.41. The first-order valence-corrected chi connectivity index (χ1v) is 9.87. The van der Waals surface area contributed by atoms with Gasteiger partial charge in [-0.15, -0.1) is 11.8 Å². The van der Waals surface area contributed by atoms with Crippen LogP contribution in [0.4, 0.5) is 10.5 Å². The number of carbonyl (C=O) groups excluding carboxylic acids is 1. The molecule has 0 fully saturated rings. The molecule has 1 unspecified atom stereocenters. The predicted octanol–water partition coefficient (Wildman–Crippen LogP) is 4.47. The Kier molecular flexibility index (Phi) is 5.46. The molecule has 0 aromatic heterocycles. The molecule has 0 saturated heterocycles. The lowest BCUT2D eigenvalue weighted by molar-refractivity contribution is -0.124. The van der Waals surface area contributed by atoms with Gasteiger partial charge in [0.2, 0.25) is 0 Å². The van der Waals surface area contributed by atoms with Crippen LogP contribution in [0.1, 0.15) is 26.3 Å². The van der Waals surface area contributed by atoms with Gasteiger partial charge < -0.3 is 10.0 Å². The molecule has 2 aromatic carbocycles. The van der Waals surface area contributed by atoms with E-state index in [9.17, 15) is 14.7 Å². The Morgan fingerprint density at radius 2 is 1.78 bits per heavy atom. The highest BCUT2D eigenvalue weighted by Crippen LogP contribution is 2.37. The van der Waals surface area contributed by atoms with E-state index in [2.05, 4.69) is 0 Å². The van der Waals surface area contributed by atoms with Crippen LogP contribution in [0.5, 0.6) is 0 Å². The van der Waals surface area contributed by atoms with Gasteiger partial charge in [-0.2, -0.15) is 0 Å². The monoisotopic (exact) mass is 384 g/mol. The van der Waals surface area contributed by atoms with Crippen LogP contribution in [-0.4, -0.2) is 39.3 Å². The van der Waals surface area contributed by atoms with E-state index >= 15 is 0 Å². The van der Waals surface area contributed by atoms with E-state index in [1.807, 2.05) is 75.4 Å². The van der Waals surface area contributed by atoms with E-state index in [0.717, 1.165) is 16.1 Å². The number of nitrogens with zero attached hydrogens (tertiary/aromatic N) is 2. The Bertz CT molecular complexity index is 833. The van der Waals surface area contributed by atoms with Crippen LogP contribution in [0.2, 0.25) is 0 Å². The smallest absolute Gasteiger partial charge is 0.408 e. The SMILES string of the molecule is CC(C)(C)N(C(=O)O)C1CSc2ccccc2N(Cc2ccccc2)C1=O. The molecule has 0 bridgehead atoms. The van der Waals surface area contributed by atoms with Gasteiger partial charge in [-0.1, -0.05) is 42.5 Å². The zero-order chi connectivity index (χ0) is 19.6. The maximum atomic E-state index is 13.5. The predicted molar refractivity (Wildman–Crippen MR) is 108 cm³/mol. The minimum Gasteiger partial charge on any atom is -0.465 e. The molecule has 1 N–H and O–H groups in total. The molecule has 2 amide bonds. The van der Waals surface area contributed by atoms with Crippen molar-refractivity contribution in [2.75, 3.05) is 10.7 Å². The minimum absolute atomic E-state index is 0.186. The first kappa shape index (κ1) is 19.3. The van der Waals surface area contributed by atoms with Crippen LogP contribution < -0.4 is 4.90 Å². The second-order valence-electron chi connectivity index (χ2n) is 7.53. The Morgan fingerprint density at radius 3 is 2.41 bits per heavy atom. The fourth-order valence-electron chi connectivity index (χ4n) is 3.34. The van der Waals surface area contributed by atoms with E-state index in [4.69, 9.17) is 0 Å². The number of carbonyl (C=O) groups is 2. The zero-order valence-corrected chi connectivity index (χ0v) is 16.6. The molecule has 3 rings (SSSR count). The number of hydrogen-bond acceptors (Lipinski definition) is 3. The quantitative estimate of drug-likeness (QED) is 0.848. The average molecular weight is 385 g/mol. The van der Waals surface area contributed by atoms with Crippen molar-refractivity contribution >= 4 is 29.4 Å². The summed E-state index contributed by atoms with van der Waals surface area (Å²) in [5.74, 6) is 0.207. The number of amides is 2. The normalized spacial score (nSPS) is 17.2. The van der Waals surface area contributed by atoms with Crippen molar-refractivity contribution in [3.63, 3.8) is 0 Å². The lowest BCUT2D eigenvalue weighted by Gasteiger charge is -2.39. The third kappa shape index (κ3) is 4.11. The summed E-state index contributed by atoms with van der Waals surface area (Å²) in [5, 5.41) is 9.81. The van der Waals surface area contributed by atoms with Crippen LogP contribution in [0.15, 0.2) is 59.5 Å². The molecule has 0 spiro atoms. The molecular weight excluding hydrogens is 360 g/mol. The number of thioether (sulfide) groups is 1. The van der Waals surface area contributed by atoms with E-state index in [0.29, 0.717) is 12.3 Å². The Labute approximate surface area is 164 Å². The molecule has 2 aromatic rings. The van der Waals surface area contributed by atoms with Crippen molar-refractivity contribution < 1.29 is 14.7 Å². The molecule has 142 valence electrons. The van der Waals surface area contributed by atoms with Crippen LogP contribution in [0.3, 0.4) is 0 Å². The van der Waals surface area contributed by atoms with Gasteiger partial charge in [0, 0.05) is 16.2 Å². The number of rotatable bonds is 3. The second-order valence-corrected chi connectivity index (χ2v) is 8.59. The van der Waals surface area contributed by atoms with Crippen LogP contribution in [0, 0.1) is 0 Å². The molecule has 0 aliphatic carbocycles. The van der Waals surface area contributed by atoms with E-state index < -0.39 is 17.7 Å². The Morgan fingerprint density at radius 1 is 1.15 bits per heavy atom. The molecule has 27 heavy (non-hydrogen) atoms. The van der Waals surface area contributed by atoms with Gasteiger partial charge in [-0.25, -0.2) is 4.79 Å². The third-order valence-electron chi connectivity index (χ3n) is 4.53. The fraction of sp³-hybridized carbons (Fsp3) is 0.333. The summed E-state index contributed by atoms with van der Waals surface area (Å²) >= 11 is 1.53. The van der Waals surface area contributed by atoms with Gasteiger partial charge >= 0.3 is 6.09 Å². The minimum atomic E-state index is -1.08. The van der Waals surface area contributed by atoms with Crippen molar-refractivity contribution in [2.45, 2.75) is 43.8 Å². The van der Waals surface area contributed by atoms with Crippen LogP contribution >= 0.6 is 11.8 Å². The van der Waals surface area contributed by atoms with Crippen molar-refractivity contribution in [2.24, 2.45) is 0 Å². The summed E-state index contributed by atoms with van der Waals surface area (Å²) in [6, 6.07) is 16.8. The summed E-state index contributed by atoms with van der Waals surface area (Å²) in [4.78, 5) is 29.5. The average Bonchev–Trinajstić information content (AvgIpc) is 2.74. The largest absolute Gasteiger partial charge is 0.465 e. The molecule has 6 heteroatoms. The maximum absolute atomic E-state index is 13.5. The number of anilines is 1. The van der Waals surface area contributed by atoms with Crippen molar-refractivity contribution in [3.8, 4) is 0 Å². The molecule has 1 atom stereocenters. The Hall–Kier alpha value is -2.47. The summed E-state index contributed by atoms with van der Waals surface area (Å²) in [5.41, 5.74) is 1.16. The molecule has 1 aliphatic heterocycles. The number of carboxylic acid groups (broad SMARTS) is 1. The first-order chi connectivity index (χ1) is 12.8. The number of benzene rings is 2. The topological polar surface area (TPSA) is 60.9 Å². The van der Waals surface area contributed by atoms with Gasteiger partial charge in [0.15, 0.2) is 0 Å². The lowest BCUT2D eigenvalue weighted by Crippen LogP contribution is -2.58. The van der Waals surface area contributed by atoms with Gasteiger partial charge in [0.05, 0.1) is 12.2 Å². The summed E-state index contributed by atoms with van der Waals surface area (Å²) in [6.07, 6.45) is -1.08. The van der Waals surface area contributed by atoms with Crippen molar-refractivity contribution in [1.29, 1.82) is 0 Å². The lowest BCUT2D eigenvalue weighted by atomic mass is 10.0. The third-order valence-corrected chi connectivity index (χ3v) is 5.67. The van der Waals surface area contributed by atoms with Crippen molar-refractivity contribution in [1.82, 2.24) is 4.90 Å². The van der Waals surface area contributed by atoms with E-state index in [1.54, 1.807) is 4.90 Å². The van der Waals surface area contributed by atoms with Gasteiger partial charge in [0.25, 0.3) is 5.91 Å². The van der Waals surface area contributed by atoms with Gasteiger partial charge in [-0.3, -0.25) is 9.69 Å². The number of para-hydroxylation sites is 1. The zero-order valence-electron chi connectivity index (χ0n) is 15.8. The van der Waals surface area contributed by atoms with Crippen LogP contribution in [0.25, 0.3) is 0 Å². The molecule has 0 radical (unpaired) electrons. The van der Waals surface area contributed by atoms with Crippen molar-refractivity contribution in [3.05, 3.63) is 60.2 Å². The first-order valence-electron chi connectivity index (χ1n) is 8.88. The molecule has 1 aliphatic rings. The fourth-order valence-corrected chi connectivity index (χ4v) is 4.47. The molecule has 0 saturated carbocycles. The highest BCUT2D eigenvalue weighted by molar-refractivity contribution is 7.99. The Balaban J connectivity index is 2.04. The number of hydrogen-bond donors (Lipinski definition) is 1. The summed E-state index contributed by atoms with van der Waals surface area (Å²) in [7, 11) is 0. The van der Waals surface area contributed by atoms with E-state index in [-0.39, 0.29) is 5.91 Å². The summed E-state index contributed by atoms with van der Waals surface area (Å²) in [6.45, 7) is 5.86. The van der Waals surface area contributed by atoms with Crippen LogP contribution in [-0.2, 0) is 11.3 Å². The molecule has 1 heterocycles. The maximum Gasteiger partial charge on any atom is 0.408 e.